The number of rotatable bonds is 5. The lowest BCUT2D eigenvalue weighted by atomic mass is 9.88. The molecule has 3 aromatic heterocycles. The molecule has 0 saturated heterocycles. The first-order valence-electron chi connectivity index (χ1n) is 12.4. The van der Waals surface area contributed by atoms with Gasteiger partial charge in [-0.2, -0.15) is 19.1 Å². The van der Waals surface area contributed by atoms with Gasteiger partial charge in [-0.05, 0) is 31.0 Å². The molecule has 3 atom stereocenters. The maximum absolute atomic E-state index is 13.2. The topological polar surface area (TPSA) is 130 Å². The summed E-state index contributed by atoms with van der Waals surface area (Å²) in [5.41, 5.74) is 4.69. The van der Waals surface area contributed by atoms with Gasteiger partial charge in [0, 0.05) is 47.6 Å². The first-order valence-corrected chi connectivity index (χ1v) is 12.4. The van der Waals surface area contributed by atoms with Crippen LogP contribution in [0.5, 0.6) is 5.75 Å². The molecular weight excluding hydrogens is 508 g/mol. The molecular formula is C27H25F2N7O3. The van der Waals surface area contributed by atoms with Gasteiger partial charge in [0.15, 0.2) is 0 Å². The molecule has 1 amide bonds. The van der Waals surface area contributed by atoms with Crippen molar-refractivity contribution >= 4 is 11.4 Å². The van der Waals surface area contributed by atoms with E-state index in [9.17, 15) is 13.6 Å². The number of carbonyl (C=O) groups is 1. The van der Waals surface area contributed by atoms with Gasteiger partial charge in [-0.3, -0.25) is 4.79 Å². The van der Waals surface area contributed by atoms with E-state index in [0.29, 0.717) is 23.2 Å². The van der Waals surface area contributed by atoms with Gasteiger partial charge in [0.2, 0.25) is 0 Å². The van der Waals surface area contributed by atoms with E-state index in [1.807, 2.05) is 19.1 Å². The van der Waals surface area contributed by atoms with Gasteiger partial charge in [0.1, 0.15) is 18.4 Å². The zero-order chi connectivity index (χ0) is 27.7. The largest absolute Gasteiger partial charge is 0.434 e. The monoisotopic (exact) mass is 533 g/mol. The fraction of sp³-hybridized carbons (Fsp3) is 0.333. The SMILES string of the molecule is CCC(C#N)CO.CN1C(=O)c2cccc(OC(F)F)c2C2CC1c1nn3cnc(-c4cncnc4)cc3c12. The number of fused-ring (bicyclic) bond motifs is 9. The van der Waals surface area contributed by atoms with E-state index < -0.39 is 6.61 Å². The van der Waals surface area contributed by atoms with Crippen LogP contribution in [0.15, 0.2) is 49.3 Å². The zero-order valence-electron chi connectivity index (χ0n) is 21.2. The summed E-state index contributed by atoms with van der Waals surface area (Å²) in [6.07, 6.45) is 7.67. The van der Waals surface area contributed by atoms with E-state index in [1.165, 1.54) is 12.4 Å². The second kappa shape index (κ2) is 10.7. The van der Waals surface area contributed by atoms with E-state index in [1.54, 1.807) is 47.3 Å². The van der Waals surface area contributed by atoms with Gasteiger partial charge < -0.3 is 14.7 Å². The Bertz CT molecular complexity index is 1550. The number of benzene rings is 1. The quantitative estimate of drug-likeness (QED) is 0.408. The first kappa shape index (κ1) is 26.1. The summed E-state index contributed by atoms with van der Waals surface area (Å²) in [5, 5.41) is 21.1. The number of amides is 1. The Kier molecular flexibility index (Phi) is 7.17. The van der Waals surface area contributed by atoms with E-state index >= 15 is 0 Å². The molecule has 4 heterocycles. The summed E-state index contributed by atoms with van der Waals surface area (Å²) in [4.78, 5) is 27.3. The van der Waals surface area contributed by atoms with Gasteiger partial charge in [-0.1, -0.05) is 13.0 Å². The molecule has 3 unspecified atom stereocenters. The minimum absolute atomic E-state index is 0.00694. The van der Waals surface area contributed by atoms with Gasteiger partial charge in [0.05, 0.1) is 41.5 Å². The highest BCUT2D eigenvalue weighted by Crippen LogP contribution is 2.53. The summed E-state index contributed by atoms with van der Waals surface area (Å²) >= 11 is 0. The minimum atomic E-state index is -2.99. The van der Waals surface area contributed by atoms with Crippen molar-refractivity contribution < 1.29 is 23.4 Å². The smallest absolute Gasteiger partial charge is 0.387 e. The number of halogens is 2. The highest BCUT2D eigenvalue weighted by atomic mass is 19.3. The summed E-state index contributed by atoms with van der Waals surface area (Å²) in [7, 11) is 1.71. The number of hydrogen-bond acceptors (Lipinski definition) is 8. The number of hydrogen-bond donors (Lipinski definition) is 1. The van der Waals surface area contributed by atoms with Crippen LogP contribution in [-0.4, -0.2) is 60.7 Å². The van der Waals surface area contributed by atoms with Crippen molar-refractivity contribution in [3.63, 3.8) is 0 Å². The Hall–Kier alpha value is -4.50. The fourth-order valence-electron chi connectivity index (χ4n) is 5.12. The zero-order valence-corrected chi connectivity index (χ0v) is 21.2. The average molecular weight is 534 g/mol. The van der Waals surface area contributed by atoms with Crippen LogP contribution < -0.4 is 4.74 Å². The van der Waals surface area contributed by atoms with E-state index in [-0.39, 0.29) is 36.1 Å². The van der Waals surface area contributed by atoms with Crippen LogP contribution in [0.1, 0.15) is 58.9 Å². The summed E-state index contributed by atoms with van der Waals surface area (Å²) < 4.78 is 32.9. The lowest BCUT2D eigenvalue weighted by Crippen LogP contribution is -2.30. The molecule has 12 heteroatoms. The number of alkyl halides is 2. The highest BCUT2D eigenvalue weighted by Gasteiger charge is 2.46. The van der Waals surface area contributed by atoms with Crippen LogP contribution >= 0.6 is 0 Å². The molecule has 0 spiro atoms. The summed E-state index contributed by atoms with van der Waals surface area (Å²) in [6, 6.07) is 8.27. The van der Waals surface area contributed by atoms with Crippen LogP contribution in [0.2, 0.25) is 0 Å². The van der Waals surface area contributed by atoms with Crippen molar-refractivity contribution in [3.8, 4) is 23.1 Å². The number of carbonyl (C=O) groups excluding carboxylic acids is 1. The molecule has 200 valence electrons. The fourth-order valence-corrected chi connectivity index (χ4v) is 5.12. The van der Waals surface area contributed by atoms with E-state index in [0.717, 1.165) is 28.8 Å². The predicted octanol–water partition coefficient (Wildman–Crippen LogP) is 3.98. The van der Waals surface area contributed by atoms with Crippen molar-refractivity contribution in [2.45, 2.75) is 38.3 Å². The third kappa shape index (κ3) is 4.66. The van der Waals surface area contributed by atoms with Crippen molar-refractivity contribution in [2.75, 3.05) is 13.7 Å². The van der Waals surface area contributed by atoms with Crippen molar-refractivity contribution in [2.24, 2.45) is 5.92 Å². The molecule has 1 aromatic carbocycles. The number of aliphatic hydroxyl groups is 1. The first-order chi connectivity index (χ1) is 18.9. The normalized spacial score (nSPS) is 18.1. The molecule has 2 aliphatic rings. The van der Waals surface area contributed by atoms with Crippen LogP contribution in [0.4, 0.5) is 8.78 Å². The van der Waals surface area contributed by atoms with Gasteiger partial charge in [0.25, 0.3) is 5.91 Å². The van der Waals surface area contributed by atoms with Crippen molar-refractivity contribution in [3.05, 3.63) is 71.7 Å². The maximum atomic E-state index is 13.2. The van der Waals surface area contributed by atoms with Crippen LogP contribution in [0.25, 0.3) is 16.8 Å². The molecule has 0 radical (unpaired) electrons. The molecule has 4 aromatic rings. The molecule has 10 nitrogen and oxygen atoms in total. The van der Waals surface area contributed by atoms with E-state index in [4.69, 9.17) is 20.2 Å². The van der Waals surface area contributed by atoms with Crippen LogP contribution in [0, 0.1) is 17.2 Å². The second-order valence-electron chi connectivity index (χ2n) is 9.26. The highest BCUT2D eigenvalue weighted by molar-refractivity contribution is 5.98. The number of nitrogens with zero attached hydrogens (tertiary/aromatic N) is 7. The number of nitriles is 1. The lowest BCUT2D eigenvalue weighted by Gasteiger charge is -2.23. The third-order valence-electron chi connectivity index (χ3n) is 7.12. The molecule has 0 saturated carbocycles. The van der Waals surface area contributed by atoms with Crippen molar-refractivity contribution in [1.29, 1.82) is 5.26 Å². The predicted molar refractivity (Wildman–Crippen MR) is 135 cm³/mol. The number of aliphatic hydroxyl groups excluding tert-OH is 1. The molecule has 0 fully saturated rings. The average Bonchev–Trinajstić information content (AvgIpc) is 3.47. The standard InChI is InChI=1S/C22H16F2N6O2.C5H9NO/c1-29-16-5-13(18-12(21(29)31)3-2-4-17(18)32-22(23)24)19-15-6-14(11-7-25-9-26-8-11)27-10-30(15)28-20(16)19;1-2-5(3-6)4-7/h2-4,6-10,13,16,22H,5H2,1H3;5,7H,2,4H2,1H3. The summed E-state index contributed by atoms with van der Waals surface area (Å²) in [5.74, 6) is -0.702. The number of aromatic nitrogens is 5. The Labute approximate surface area is 222 Å². The minimum Gasteiger partial charge on any atom is -0.434 e. The van der Waals surface area contributed by atoms with Gasteiger partial charge in [-0.15, -0.1) is 0 Å². The Morgan fingerprint density at radius 1 is 1.26 bits per heavy atom. The van der Waals surface area contributed by atoms with Crippen molar-refractivity contribution in [1.82, 2.24) is 29.5 Å². The second-order valence-corrected chi connectivity index (χ2v) is 9.26. The Morgan fingerprint density at radius 3 is 2.67 bits per heavy atom. The molecule has 6 rings (SSSR count). The molecule has 1 N–H and O–H groups in total. The molecule has 1 aliphatic carbocycles. The lowest BCUT2D eigenvalue weighted by molar-refractivity contribution is -0.0505. The van der Waals surface area contributed by atoms with Gasteiger partial charge >= 0.3 is 6.61 Å². The van der Waals surface area contributed by atoms with Gasteiger partial charge in [-0.25, -0.2) is 19.5 Å². The van der Waals surface area contributed by atoms with E-state index in [2.05, 4.69) is 15.0 Å². The summed E-state index contributed by atoms with van der Waals surface area (Å²) in [6.45, 7) is -1.12. The Morgan fingerprint density at radius 2 is 2.03 bits per heavy atom. The molecule has 39 heavy (non-hydrogen) atoms. The van der Waals surface area contributed by atoms with Crippen LogP contribution in [-0.2, 0) is 0 Å². The maximum Gasteiger partial charge on any atom is 0.387 e. The molecule has 2 bridgehead atoms. The third-order valence-corrected chi connectivity index (χ3v) is 7.12. The molecule has 1 aliphatic heterocycles. The Balaban J connectivity index is 0.000000392. The van der Waals surface area contributed by atoms with Crippen LogP contribution in [0.3, 0.4) is 0 Å². The number of ether oxygens (including phenoxy) is 1.